The van der Waals surface area contributed by atoms with Crippen molar-refractivity contribution in [1.82, 2.24) is 24.1 Å². The number of rotatable bonds is 5. The maximum Gasteiger partial charge on any atom is 0.166 e. The Labute approximate surface area is 401 Å². The largest absolute Gasteiger partial charge is 0.309 e. The molecule has 0 saturated heterocycles. The van der Waals surface area contributed by atoms with E-state index in [0.717, 1.165) is 49.9 Å². The third-order valence-corrected chi connectivity index (χ3v) is 14.5. The van der Waals surface area contributed by atoms with Crippen LogP contribution in [-0.4, -0.2) is 24.1 Å². The van der Waals surface area contributed by atoms with Crippen LogP contribution < -0.4 is 0 Å². The second-order valence-corrected chi connectivity index (χ2v) is 18.4. The van der Waals surface area contributed by atoms with Gasteiger partial charge >= 0.3 is 0 Å². The number of hydrogen-bond acceptors (Lipinski definition) is 3. The summed E-state index contributed by atoms with van der Waals surface area (Å²) in [5.41, 5.74) is 9.38. The zero-order valence-corrected chi connectivity index (χ0v) is 37.8. The van der Waals surface area contributed by atoms with Gasteiger partial charge in [-0.25, -0.2) is 15.0 Å². The van der Waals surface area contributed by atoms with Gasteiger partial charge in [-0.05, 0) is 115 Å². The average Bonchev–Trinajstić information content (AvgIpc) is 3.94. The van der Waals surface area contributed by atoms with Crippen LogP contribution in [0.25, 0.3) is 143 Å². The Morgan fingerprint density at radius 3 is 1.60 bits per heavy atom. The third kappa shape index (κ3) is 5.88. The topological polar surface area (TPSA) is 48.5 Å². The zero-order chi connectivity index (χ0) is 45.9. The van der Waals surface area contributed by atoms with Crippen molar-refractivity contribution >= 4 is 97.5 Å². The SMILES string of the molecule is c1ccc(-n2c3cc(-n4c5ccccc5c5c6ccccc6ccc54)ccc3c3cc4ccccc4cc32)c(-c2nc(-c3ccc4ccccc4c3)nc(-c3ccc4c(ccc5ccccc54)c3)n2)c1. The minimum atomic E-state index is 0.601. The molecule has 0 radical (unpaired) electrons. The lowest BCUT2D eigenvalue weighted by Crippen LogP contribution is -2.04. The van der Waals surface area contributed by atoms with Gasteiger partial charge in [0.1, 0.15) is 0 Å². The van der Waals surface area contributed by atoms with Crippen LogP contribution in [0.2, 0.25) is 0 Å². The minimum absolute atomic E-state index is 0.601. The highest BCUT2D eigenvalue weighted by atomic mass is 15.1. The number of aromatic nitrogens is 5. The van der Waals surface area contributed by atoms with E-state index in [2.05, 4.69) is 246 Å². The Morgan fingerprint density at radius 2 is 0.786 bits per heavy atom. The van der Waals surface area contributed by atoms with Gasteiger partial charge in [0, 0.05) is 43.9 Å². The smallest absolute Gasteiger partial charge is 0.166 e. The molecule has 0 bridgehead atoms. The fourth-order valence-electron chi connectivity index (χ4n) is 11.2. The molecule has 0 fully saturated rings. The summed E-state index contributed by atoms with van der Waals surface area (Å²) in [6.45, 7) is 0. The van der Waals surface area contributed by atoms with Crippen molar-refractivity contribution in [2.24, 2.45) is 0 Å². The van der Waals surface area contributed by atoms with E-state index in [0.29, 0.717) is 17.5 Å². The fourth-order valence-corrected chi connectivity index (χ4v) is 11.2. The molecule has 70 heavy (non-hydrogen) atoms. The van der Waals surface area contributed by atoms with Crippen molar-refractivity contribution in [2.45, 2.75) is 0 Å². The van der Waals surface area contributed by atoms with Crippen molar-refractivity contribution in [2.75, 3.05) is 0 Å². The molecule has 0 spiro atoms. The Bertz CT molecular complexity index is 4670. The van der Waals surface area contributed by atoms with Crippen LogP contribution in [0.15, 0.2) is 237 Å². The van der Waals surface area contributed by atoms with E-state index in [9.17, 15) is 0 Å². The van der Waals surface area contributed by atoms with Gasteiger partial charge in [-0.3, -0.25) is 0 Å². The summed E-state index contributed by atoms with van der Waals surface area (Å²) >= 11 is 0. The van der Waals surface area contributed by atoms with Crippen molar-refractivity contribution in [1.29, 1.82) is 0 Å². The van der Waals surface area contributed by atoms with E-state index in [1.54, 1.807) is 0 Å². The molecule has 0 atom stereocenters. The second kappa shape index (κ2) is 15.0. The van der Waals surface area contributed by atoms with Crippen molar-refractivity contribution < 1.29 is 0 Å². The van der Waals surface area contributed by atoms with Crippen LogP contribution in [-0.2, 0) is 0 Å². The average molecular weight is 890 g/mol. The highest BCUT2D eigenvalue weighted by Gasteiger charge is 2.22. The lowest BCUT2D eigenvalue weighted by atomic mass is 10.00. The molecule has 324 valence electrons. The summed E-state index contributed by atoms with van der Waals surface area (Å²) in [7, 11) is 0. The monoisotopic (exact) mass is 889 g/mol. The van der Waals surface area contributed by atoms with Gasteiger partial charge in [-0.15, -0.1) is 0 Å². The Kier molecular flexibility index (Phi) is 8.29. The molecule has 0 amide bonds. The highest BCUT2D eigenvalue weighted by Crippen LogP contribution is 2.42. The van der Waals surface area contributed by atoms with E-state index < -0.39 is 0 Å². The molecule has 3 aromatic heterocycles. The van der Waals surface area contributed by atoms with Crippen molar-refractivity contribution in [3.05, 3.63) is 237 Å². The first-order valence-corrected chi connectivity index (χ1v) is 23.8. The summed E-state index contributed by atoms with van der Waals surface area (Å²) in [6.07, 6.45) is 0. The lowest BCUT2D eigenvalue weighted by Gasteiger charge is -2.16. The number of fused-ring (bicyclic) bond motifs is 13. The van der Waals surface area contributed by atoms with E-state index >= 15 is 0 Å². The van der Waals surface area contributed by atoms with Crippen LogP contribution in [0.4, 0.5) is 0 Å². The van der Waals surface area contributed by atoms with Gasteiger partial charge in [0.25, 0.3) is 0 Å². The number of benzene rings is 12. The highest BCUT2D eigenvalue weighted by molar-refractivity contribution is 6.22. The molecular formula is C65H39N5. The predicted octanol–water partition coefficient (Wildman–Crippen LogP) is 16.8. The number of nitrogens with zero attached hydrogens (tertiary/aromatic N) is 5. The van der Waals surface area contributed by atoms with Crippen LogP contribution in [0.5, 0.6) is 0 Å². The molecule has 0 aliphatic heterocycles. The number of para-hydroxylation sites is 2. The summed E-state index contributed by atoms with van der Waals surface area (Å²) in [5.74, 6) is 1.84. The van der Waals surface area contributed by atoms with E-state index in [1.165, 1.54) is 75.7 Å². The molecule has 5 nitrogen and oxygen atoms in total. The molecule has 15 rings (SSSR count). The molecule has 0 aliphatic carbocycles. The summed E-state index contributed by atoms with van der Waals surface area (Å²) < 4.78 is 4.86. The summed E-state index contributed by atoms with van der Waals surface area (Å²) in [6, 6.07) is 85.4. The van der Waals surface area contributed by atoms with Gasteiger partial charge in [-0.2, -0.15) is 0 Å². The molecule has 3 heterocycles. The van der Waals surface area contributed by atoms with Crippen LogP contribution in [0.3, 0.4) is 0 Å². The molecule has 0 N–H and O–H groups in total. The minimum Gasteiger partial charge on any atom is -0.309 e. The first kappa shape index (κ1) is 38.6. The van der Waals surface area contributed by atoms with Crippen LogP contribution >= 0.6 is 0 Å². The Balaban J connectivity index is 0.993. The second-order valence-electron chi connectivity index (χ2n) is 18.4. The molecule has 0 aliphatic rings. The van der Waals surface area contributed by atoms with Gasteiger partial charge in [0.2, 0.25) is 0 Å². The van der Waals surface area contributed by atoms with Gasteiger partial charge < -0.3 is 9.13 Å². The molecule has 5 heteroatoms. The molecule has 0 unspecified atom stereocenters. The van der Waals surface area contributed by atoms with Gasteiger partial charge in [0.15, 0.2) is 17.5 Å². The van der Waals surface area contributed by atoms with Gasteiger partial charge in [-0.1, -0.05) is 176 Å². The summed E-state index contributed by atoms with van der Waals surface area (Å²) in [5, 5.41) is 16.8. The Morgan fingerprint density at radius 1 is 0.257 bits per heavy atom. The summed E-state index contributed by atoms with van der Waals surface area (Å²) in [4.78, 5) is 16.1. The standard InChI is InChI=1S/C65H39N5/c1-2-16-43-35-47(28-25-40(43)13-1)63-66-64(48-29-32-51-46(36-48)27-26-41-14-5-7-19-50(41)51)68-65(67-63)55-22-10-12-24-58(55)70-60-38-45-18-4-3-17-44(45)37-56(60)53-33-31-49(39-61(53)70)69-57-23-11-9-21-54(57)62-52-20-8-6-15-42(52)30-34-59(62)69/h1-39H. The maximum absolute atomic E-state index is 5.42. The zero-order valence-electron chi connectivity index (χ0n) is 37.8. The van der Waals surface area contributed by atoms with Gasteiger partial charge in [0.05, 0.1) is 27.8 Å². The van der Waals surface area contributed by atoms with Crippen molar-refractivity contribution in [3.63, 3.8) is 0 Å². The molecule has 12 aromatic carbocycles. The number of hydrogen-bond donors (Lipinski definition) is 0. The normalized spacial score (nSPS) is 12.0. The van der Waals surface area contributed by atoms with E-state index in [-0.39, 0.29) is 0 Å². The fraction of sp³-hybridized carbons (Fsp3) is 0. The quantitative estimate of drug-likeness (QED) is 0.162. The van der Waals surface area contributed by atoms with E-state index in [1.807, 2.05) is 0 Å². The first-order chi connectivity index (χ1) is 34.7. The maximum atomic E-state index is 5.42. The van der Waals surface area contributed by atoms with Crippen LogP contribution in [0, 0.1) is 0 Å². The lowest BCUT2D eigenvalue weighted by molar-refractivity contribution is 1.07. The van der Waals surface area contributed by atoms with E-state index in [4.69, 9.17) is 15.0 Å². The Hall–Kier alpha value is -9.45. The molecular weight excluding hydrogens is 851 g/mol. The predicted molar refractivity (Wildman–Crippen MR) is 292 cm³/mol. The third-order valence-electron chi connectivity index (χ3n) is 14.5. The molecule has 0 saturated carbocycles. The first-order valence-electron chi connectivity index (χ1n) is 23.8. The van der Waals surface area contributed by atoms with Crippen molar-refractivity contribution in [3.8, 4) is 45.5 Å². The molecule has 15 aromatic rings. The van der Waals surface area contributed by atoms with Crippen LogP contribution in [0.1, 0.15) is 0 Å².